The van der Waals surface area contributed by atoms with Crippen molar-refractivity contribution in [3.8, 4) is 28.3 Å². The van der Waals surface area contributed by atoms with Crippen LogP contribution in [-0.2, 0) is 0 Å². The van der Waals surface area contributed by atoms with Gasteiger partial charge in [-0.1, -0.05) is 133 Å². The van der Waals surface area contributed by atoms with Crippen molar-refractivity contribution in [3.05, 3.63) is 164 Å². The van der Waals surface area contributed by atoms with Crippen LogP contribution >= 0.6 is 22.7 Å². The monoisotopic (exact) mass is 709 g/mol. The number of hydrogen-bond acceptors (Lipinski definition) is 4. The lowest BCUT2D eigenvalue weighted by Gasteiger charge is -2.12. The standard InChI is InChI=1S/C48H27N3S2/c1-2-12-28(13-3-1)29-22-23-31-27-32(25-24-30(31)26-29)43-47-44(37-18-8-11-21-40(37)53-47)50-48(49-43)51-38-19-9-6-16-35(38)41-33-14-4-5-15-34(33)46-42(45(41)51)36-17-7-10-20-39(36)52-46/h1-27H. The zero-order chi connectivity index (χ0) is 34.6. The van der Waals surface area contributed by atoms with Gasteiger partial charge in [0.05, 0.1) is 26.9 Å². The fourth-order valence-corrected chi connectivity index (χ4v) is 10.8. The summed E-state index contributed by atoms with van der Waals surface area (Å²) in [7, 11) is 0. The van der Waals surface area contributed by atoms with E-state index in [4.69, 9.17) is 9.97 Å². The van der Waals surface area contributed by atoms with Crippen LogP contribution in [0.5, 0.6) is 0 Å². The summed E-state index contributed by atoms with van der Waals surface area (Å²) in [5.74, 6) is 0.689. The molecule has 0 atom stereocenters. The SMILES string of the molecule is c1ccc(-c2ccc3cc(-c4nc(-n5c6ccccc6c6c7ccccc7c7sc8ccccc8c7c65)nc5c4sc4ccccc45)ccc3c2)cc1. The maximum atomic E-state index is 5.60. The van der Waals surface area contributed by atoms with Gasteiger partial charge in [-0.25, -0.2) is 9.97 Å². The molecule has 0 radical (unpaired) electrons. The van der Waals surface area contributed by atoms with Gasteiger partial charge in [-0.2, -0.15) is 0 Å². The van der Waals surface area contributed by atoms with Crippen molar-refractivity contribution in [2.45, 2.75) is 0 Å². The average molecular weight is 710 g/mol. The summed E-state index contributed by atoms with van der Waals surface area (Å²) in [5.41, 5.74) is 7.73. The van der Waals surface area contributed by atoms with Crippen LogP contribution in [0.3, 0.4) is 0 Å². The summed E-state index contributed by atoms with van der Waals surface area (Å²) >= 11 is 3.65. The van der Waals surface area contributed by atoms with Crippen molar-refractivity contribution < 1.29 is 0 Å². The van der Waals surface area contributed by atoms with Crippen LogP contribution in [0.2, 0.25) is 0 Å². The highest BCUT2D eigenvalue weighted by Crippen LogP contribution is 2.48. The molecule has 0 unspecified atom stereocenters. The molecule has 0 aliphatic carbocycles. The van der Waals surface area contributed by atoms with E-state index < -0.39 is 0 Å². The van der Waals surface area contributed by atoms with Gasteiger partial charge in [-0.05, 0) is 57.6 Å². The van der Waals surface area contributed by atoms with E-state index in [1.54, 1.807) is 11.3 Å². The number of aromatic nitrogens is 3. The summed E-state index contributed by atoms with van der Waals surface area (Å²) in [6.45, 7) is 0. The second-order valence-corrected chi connectivity index (χ2v) is 15.8. The molecule has 5 heteroatoms. The molecule has 53 heavy (non-hydrogen) atoms. The van der Waals surface area contributed by atoms with Crippen molar-refractivity contribution in [2.75, 3.05) is 0 Å². The quantitative estimate of drug-likeness (QED) is 0.183. The highest BCUT2D eigenvalue weighted by Gasteiger charge is 2.24. The van der Waals surface area contributed by atoms with Gasteiger partial charge in [0.2, 0.25) is 5.95 Å². The first-order valence-corrected chi connectivity index (χ1v) is 19.5. The topological polar surface area (TPSA) is 30.7 Å². The molecule has 3 nitrogen and oxygen atoms in total. The van der Waals surface area contributed by atoms with Crippen LogP contribution in [0.1, 0.15) is 0 Å². The second-order valence-electron chi connectivity index (χ2n) is 13.7. The third kappa shape index (κ3) is 4.20. The maximum absolute atomic E-state index is 5.60. The number of rotatable bonds is 3. The van der Waals surface area contributed by atoms with Gasteiger partial charge in [0.15, 0.2) is 0 Å². The van der Waals surface area contributed by atoms with Gasteiger partial charge in [0.1, 0.15) is 0 Å². The molecule has 0 bridgehead atoms. The minimum atomic E-state index is 0.689. The Labute approximate surface area is 311 Å². The highest BCUT2D eigenvalue weighted by atomic mass is 32.1. The molecular weight excluding hydrogens is 683 g/mol. The lowest BCUT2D eigenvalue weighted by Crippen LogP contribution is -2.03. The molecule has 0 spiro atoms. The first-order valence-electron chi connectivity index (χ1n) is 17.8. The molecule has 4 heterocycles. The Hall–Kier alpha value is -6.40. The Morgan fingerprint density at radius 1 is 0.415 bits per heavy atom. The third-order valence-corrected chi connectivity index (χ3v) is 13.1. The van der Waals surface area contributed by atoms with Crippen molar-refractivity contribution in [1.29, 1.82) is 0 Å². The van der Waals surface area contributed by atoms with Crippen LogP contribution in [0.15, 0.2) is 164 Å². The Morgan fingerprint density at radius 3 is 1.83 bits per heavy atom. The Bertz CT molecular complexity index is 3460. The molecule has 0 saturated carbocycles. The van der Waals surface area contributed by atoms with E-state index in [9.17, 15) is 0 Å². The molecular formula is C48H27N3S2. The number of para-hydroxylation sites is 1. The molecule has 0 amide bonds. The molecule has 8 aromatic carbocycles. The van der Waals surface area contributed by atoms with Gasteiger partial charge in [-0.15, -0.1) is 22.7 Å². The molecule has 0 N–H and O–H groups in total. The first-order chi connectivity index (χ1) is 26.3. The smallest absolute Gasteiger partial charge is 0.235 e. The molecule has 12 aromatic rings. The summed E-state index contributed by atoms with van der Waals surface area (Å²) in [6.07, 6.45) is 0. The Kier molecular flexibility index (Phi) is 6.09. The first kappa shape index (κ1) is 29.2. The van der Waals surface area contributed by atoms with Crippen LogP contribution < -0.4 is 0 Å². The van der Waals surface area contributed by atoms with E-state index in [-0.39, 0.29) is 0 Å². The van der Waals surface area contributed by atoms with Gasteiger partial charge in [0, 0.05) is 52.0 Å². The normalized spacial score (nSPS) is 12.2. The van der Waals surface area contributed by atoms with Crippen molar-refractivity contribution in [2.24, 2.45) is 0 Å². The van der Waals surface area contributed by atoms with Crippen LogP contribution in [0, 0.1) is 0 Å². The molecule has 0 aliphatic rings. The Morgan fingerprint density at radius 2 is 1.02 bits per heavy atom. The largest absolute Gasteiger partial charge is 0.277 e. The van der Waals surface area contributed by atoms with E-state index in [0.29, 0.717) is 5.95 Å². The van der Waals surface area contributed by atoms with E-state index in [1.807, 2.05) is 11.3 Å². The predicted octanol–water partition coefficient (Wildman–Crippen LogP) is 13.9. The number of hydrogen-bond donors (Lipinski definition) is 0. The van der Waals surface area contributed by atoms with Crippen molar-refractivity contribution in [3.63, 3.8) is 0 Å². The number of fused-ring (bicyclic) bond motifs is 14. The van der Waals surface area contributed by atoms with E-state index in [2.05, 4.69) is 168 Å². The number of thiophene rings is 2. The highest BCUT2D eigenvalue weighted by molar-refractivity contribution is 7.27. The molecule has 0 saturated heterocycles. The molecule has 12 rings (SSSR count). The summed E-state index contributed by atoms with van der Waals surface area (Å²) < 4.78 is 7.24. The molecule has 0 aliphatic heterocycles. The van der Waals surface area contributed by atoms with Crippen molar-refractivity contribution in [1.82, 2.24) is 14.5 Å². The average Bonchev–Trinajstić information content (AvgIpc) is 3.91. The Balaban J connectivity index is 1.21. The van der Waals surface area contributed by atoms with Crippen molar-refractivity contribution >= 4 is 106 Å². The second kappa shape index (κ2) is 11.1. The minimum absolute atomic E-state index is 0.689. The van der Waals surface area contributed by atoms with Crippen LogP contribution in [-0.4, -0.2) is 14.5 Å². The molecule has 0 fully saturated rings. The number of nitrogens with zero attached hydrogens (tertiary/aromatic N) is 3. The number of benzene rings is 8. The van der Waals surface area contributed by atoms with Gasteiger partial charge in [-0.3, -0.25) is 4.57 Å². The third-order valence-electron chi connectivity index (χ3n) is 10.8. The molecule has 246 valence electrons. The fourth-order valence-electron chi connectivity index (χ4n) is 8.40. The summed E-state index contributed by atoms with van der Waals surface area (Å²) in [6, 6.07) is 59.2. The summed E-state index contributed by atoms with van der Waals surface area (Å²) in [5, 5.41) is 11.1. The lowest BCUT2D eigenvalue weighted by molar-refractivity contribution is 1.02. The predicted molar refractivity (Wildman–Crippen MR) is 228 cm³/mol. The minimum Gasteiger partial charge on any atom is -0.277 e. The van der Waals surface area contributed by atoms with Crippen LogP contribution in [0.25, 0.3) is 112 Å². The van der Waals surface area contributed by atoms with Gasteiger partial charge >= 0.3 is 0 Å². The van der Waals surface area contributed by atoms with E-state index >= 15 is 0 Å². The fraction of sp³-hybridized carbons (Fsp3) is 0. The van der Waals surface area contributed by atoms with E-state index in [0.717, 1.165) is 37.9 Å². The summed E-state index contributed by atoms with van der Waals surface area (Å²) in [4.78, 5) is 11.1. The maximum Gasteiger partial charge on any atom is 0.235 e. The van der Waals surface area contributed by atoms with Crippen LogP contribution in [0.4, 0.5) is 0 Å². The zero-order valence-electron chi connectivity index (χ0n) is 28.2. The van der Waals surface area contributed by atoms with Gasteiger partial charge in [0.25, 0.3) is 0 Å². The lowest BCUT2D eigenvalue weighted by atomic mass is 9.99. The molecule has 4 aromatic heterocycles. The van der Waals surface area contributed by atoms with Gasteiger partial charge < -0.3 is 0 Å². The van der Waals surface area contributed by atoms with E-state index in [1.165, 1.54) is 68.3 Å². The zero-order valence-corrected chi connectivity index (χ0v) is 29.9.